The second-order valence-corrected chi connectivity index (χ2v) is 7.80. The molecule has 0 aromatic rings. The molecule has 24 heavy (non-hydrogen) atoms. The second kappa shape index (κ2) is 8.32. The highest BCUT2D eigenvalue weighted by atomic mass is 16.5. The normalized spacial score (nSPS) is 27.3. The fraction of sp³-hybridized carbons (Fsp3) is 0.895. The lowest BCUT2D eigenvalue weighted by Gasteiger charge is -2.38. The third kappa shape index (κ3) is 4.50. The zero-order valence-electron chi connectivity index (χ0n) is 15.0. The highest BCUT2D eigenvalue weighted by Gasteiger charge is 2.33. The number of hydrogen-bond acceptors (Lipinski definition) is 3. The second-order valence-electron chi connectivity index (χ2n) is 7.80. The SMILES string of the molecule is CC(=O)N1CCC(C(=O)N2CCO[C@H](CC3CCCCC3)C2)CC1. The number of amides is 2. The average Bonchev–Trinajstić information content (AvgIpc) is 2.62. The van der Waals surface area contributed by atoms with Gasteiger partial charge in [0.15, 0.2) is 0 Å². The van der Waals surface area contributed by atoms with Gasteiger partial charge in [-0.1, -0.05) is 32.1 Å². The van der Waals surface area contributed by atoms with Crippen LogP contribution in [0, 0.1) is 11.8 Å². The van der Waals surface area contributed by atoms with E-state index in [4.69, 9.17) is 4.74 Å². The van der Waals surface area contributed by atoms with Gasteiger partial charge >= 0.3 is 0 Å². The van der Waals surface area contributed by atoms with Gasteiger partial charge in [0.05, 0.1) is 12.7 Å². The molecule has 0 spiro atoms. The van der Waals surface area contributed by atoms with Gasteiger partial charge in [-0.25, -0.2) is 0 Å². The summed E-state index contributed by atoms with van der Waals surface area (Å²) in [5.74, 6) is 1.29. The maximum absolute atomic E-state index is 12.8. The minimum atomic E-state index is 0.0917. The maximum atomic E-state index is 12.8. The molecule has 1 aliphatic carbocycles. The molecule has 0 aromatic heterocycles. The summed E-state index contributed by atoms with van der Waals surface area (Å²) in [7, 11) is 0. The minimum Gasteiger partial charge on any atom is -0.375 e. The van der Waals surface area contributed by atoms with E-state index < -0.39 is 0 Å². The Hall–Kier alpha value is -1.10. The Kier molecular flexibility index (Phi) is 6.14. The molecule has 1 saturated carbocycles. The van der Waals surface area contributed by atoms with Crippen LogP contribution in [-0.4, -0.2) is 60.5 Å². The molecule has 0 unspecified atom stereocenters. The van der Waals surface area contributed by atoms with Gasteiger partial charge in [0.2, 0.25) is 11.8 Å². The Bertz CT molecular complexity index is 440. The molecule has 2 heterocycles. The summed E-state index contributed by atoms with van der Waals surface area (Å²) in [5, 5.41) is 0. The van der Waals surface area contributed by atoms with Crippen LogP contribution in [0.3, 0.4) is 0 Å². The highest BCUT2D eigenvalue weighted by molar-refractivity contribution is 5.80. The number of hydrogen-bond donors (Lipinski definition) is 0. The fourth-order valence-corrected chi connectivity index (χ4v) is 4.56. The van der Waals surface area contributed by atoms with Gasteiger partial charge in [-0.2, -0.15) is 0 Å². The van der Waals surface area contributed by atoms with Gasteiger partial charge in [0.25, 0.3) is 0 Å². The van der Waals surface area contributed by atoms with Crippen molar-refractivity contribution in [2.45, 2.75) is 64.4 Å². The average molecular weight is 336 g/mol. The summed E-state index contributed by atoms with van der Waals surface area (Å²) >= 11 is 0. The van der Waals surface area contributed by atoms with E-state index in [1.807, 2.05) is 9.80 Å². The smallest absolute Gasteiger partial charge is 0.225 e. The first kappa shape index (κ1) is 17.7. The van der Waals surface area contributed by atoms with Crippen molar-refractivity contribution in [1.82, 2.24) is 9.80 Å². The first-order chi connectivity index (χ1) is 11.6. The van der Waals surface area contributed by atoms with Crippen molar-refractivity contribution in [3.63, 3.8) is 0 Å². The van der Waals surface area contributed by atoms with Gasteiger partial charge < -0.3 is 14.5 Å². The molecule has 2 aliphatic heterocycles. The molecule has 3 aliphatic rings. The van der Waals surface area contributed by atoms with Crippen molar-refractivity contribution in [2.24, 2.45) is 11.8 Å². The zero-order chi connectivity index (χ0) is 16.9. The number of carbonyl (C=O) groups excluding carboxylic acids is 2. The van der Waals surface area contributed by atoms with Gasteiger partial charge in [0, 0.05) is 39.0 Å². The molecule has 2 amide bonds. The van der Waals surface area contributed by atoms with Crippen molar-refractivity contribution < 1.29 is 14.3 Å². The molecule has 3 fully saturated rings. The topological polar surface area (TPSA) is 49.9 Å². The van der Waals surface area contributed by atoms with Crippen molar-refractivity contribution >= 4 is 11.8 Å². The maximum Gasteiger partial charge on any atom is 0.225 e. The third-order valence-electron chi connectivity index (χ3n) is 6.06. The van der Waals surface area contributed by atoms with E-state index >= 15 is 0 Å². The quantitative estimate of drug-likeness (QED) is 0.795. The van der Waals surface area contributed by atoms with Crippen LogP contribution in [0.1, 0.15) is 58.3 Å². The van der Waals surface area contributed by atoms with E-state index in [2.05, 4.69) is 0 Å². The first-order valence-corrected chi connectivity index (χ1v) is 9.79. The molecule has 2 saturated heterocycles. The molecule has 3 rings (SSSR count). The fourth-order valence-electron chi connectivity index (χ4n) is 4.56. The number of morpholine rings is 1. The number of carbonyl (C=O) groups is 2. The van der Waals surface area contributed by atoms with Crippen LogP contribution in [0.25, 0.3) is 0 Å². The predicted molar refractivity (Wildman–Crippen MR) is 92.5 cm³/mol. The lowest BCUT2D eigenvalue weighted by atomic mass is 9.85. The number of likely N-dealkylation sites (tertiary alicyclic amines) is 1. The van der Waals surface area contributed by atoms with Gasteiger partial charge in [-0.05, 0) is 25.2 Å². The molecule has 5 nitrogen and oxygen atoms in total. The number of nitrogens with zero attached hydrogens (tertiary/aromatic N) is 2. The van der Waals surface area contributed by atoms with E-state index in [0.717, 1.165) is 51.4 Å². The van der Waals surface area contributed by atoms with E-state index in [1.54, 1.807) is 6.92 Å². The molecule has 5 heteroatoms. The molecule has 0 aromatic carbocycles. The van der Waals surface area contributed by atoms with Crippen molar-refractivity contribution in [3.05, 3.63) is 0 Å². The van der Waals surface area contributed by atoms with Crippen LogP contribution >= 0.6 is 0 Å². The molecule has 0 N–H and O–H groups in total. The van der Waals surface area contributed by atoms with Gasteiger partial charge in [-0.15, -0.1) is 0 Å². The van der Waals surface area contributed by atoms with Gasteiger partial charge in [-0.3, -0.25) is 9.59 Å². The monoisotopic (exact) mass is 336 g/mol. The summed E-state index contributed by atoms with van der Waals surface area (Å²) < 4.78 is 5.95. The minimum absolute atomic E-state index is 0.0917. The summed E-state index contributed by atoms with van der Waals surface area (Å²) in [5.41, 5.74) is 0. The van der Waals surface area contributed by atoms with E-state index in [1.165, 1.54) is 32.1 Å². The highest BCUT2D eigenvalue weighted by Crippen LogP contribution is 2.29. The molecular formula is C19H32N2O3. The van der Waals surface area contributed by atoms with Crippen LogP contribution in [0.15, 0.2) is 0 Å². The summed E-state index contributed by atoms with van der Waals surface area (Å²) in [6.07, 6.45) is 9.71. The molecule has 0 radical (unpaired) electrons. The Morgan fingerprint density at radius 2 is 1.67 bits per heavy atom. The third-order valence-corrected chi connectivity index (χ3v) is 6.06. The summed E-state index contributed by atoms with van der Waals surface area (Å²) in [6.45, 7) is 5.23. The Labute approximate surface area is 145 Å². The summed E-state index contributed by atoms with van der Waals surface area (Å²) in [4.78, 5) is 28.1. The standard InChI is InChI=1S/C19H32N2O3/c1-15(22)20-9-7-17(8-10-20)19(23)21-11-12-24-18(14-21)13-16-5-3-2-4-6-16/h16-18H,2-14H2,1H3/t18-/m1/s1. The lowest BCUT2D eigenvalue weighted by Crippen LogP contribution is -2.50. The van der Waals surface area contributed by atoms with Crippen molar-refractivity contribution in [1.29, 1.82) is 0 Å². The largest absolute Gasteiger partial charge is 0.375 e. The Morgan fingerprint density at radius 1 is 0.958 bits per heavy atom. The molecule has 136 valence electrons. The number of ether oxygens (including phenoxy) is 1. The molecule has 1 atom stereocenters. The van der Waals surface area contributed by atoms with E-state index in [0.29, 0.717) is 6.61 Å². The lowest BCUT2D eigenvalue weighted by molar-refractivity contribution is -0.147. The number of piperidine rings is 1. The molecule has 0 bridgehead atoms. The van der Waals surface area contributed by atoms with Crippen LogP contribution in [0.5, 0.6) is 0 Å². The number of rotatable bonds is 3. The van der Waals surface area contributed by atoms with E-state index in [-0.39, 0.29) is 23.8 Å². The van der Waals surface area contributed by atoms with Crippen molar-refractivity contribution in [3.8, 4) is 0 Å². The predicted octanol–water partition coefficient (Wildman–Crippen LogP) is 2.44. The van der Waals surface area contributed by atoms with Crippen LogP contribution in [0.2, 0.25) is 0 Å². The Balaban J connectivity index is 1.47. The summed E-state index contributed by atoms with van der Waals surface area (Å²) in [6, 6.07) is 0. The van der Waals surface area contributed by atoms with Crippen molar-refractivity contribution in [2.75, 3.05) is 32.8 Å². The van der Waals surface area contributed by atoms with Gasteiger partial charge in [0.1, 0.15) is 0 Å². The van der Waals surface area contributed by atoms with Crippen LogP contribution in [-0.2, 0) is 14.3 Å². The zero-order valence-corrected chi connectivity index (χ0v) is 15.0. The van der Waals surface area contributed by atoms with Crippen LogP contribution in [0.4, 0.5) is 0 Å². The first-order valence-electron chi connectivity index (χ1n) is 9.79. The Morgan fingerprint density at radius 3 is 2.33 bits per heavy atom. The molecular weight excluding hydrogens is 304 g/mol. The van der Waals surface area contributed by atoms with Crippen LogP contribution < -0.4 is 0 Å². The van der Waals surface area contributed by atoms with E-state index in [9.17, 15) is 9.59 Å².